The lowest BCUT2D eigenvalue weighted by atomic mass is 9.94. The average molecular weight is 276 g/mol. The molecule has 5 nitrogen and oxygen atoms in total. The van der Waals surface area contributed by atoms with Crippen LogP contribution < -0.4 is 11.1 Å². The van der Waals surface area contributed by atoms with E-state index in [4.69, 9.17) is 5.73 Å². The normalized spacial score (nSPS) is 11.4. The van der Waals surface area contributed by atoms with E-state index in [1.807, 2.05) is 0 Å². The zero-order valence-electron chi connectivity index (χ0n) is 11.6. The smallest absolute Gasteiger partial charge is 0.344 e. The molecular formula is C14H17FN4O. The second kappa shape index (κ2) is 4.96. The van der Waals surface area contributed by atoms with E-state index in [9.17, 15) is 9.18 Å². The quantitative estimate of drug-likeness (QED) is 0.884. The number of aromatic nitrogens is 2. The first kappa shape index (κ1) is 14.0. The SMILES string of the molecule is Cc1cc(N)n(C(=O)NC(C)(C)c2cccc(F)c2)n1. The molecule has 2 aromatic rings. The third-order valence-electron chi connectivity index (χ3n) is 3.02. The van der Waals surface area contributed by atoms with Gasteiger partial charge in [0, 0.05) is 6.07 Å². The first-order chi connectivity index (χ1) is 9.29. The molecule has 0 spiro atoms. The van der Waals surface area contributed by atoms with Gasteiger partial charge in [-0.3, -0.25) is 0 Å². The number of anilines is 1. The van der Waals surface area contributed by atoms with Crippen molar-refractivity contribution >= 4 is 11.8 Å². The number of nitrogen functional groups attached to an aromatic ring is 1. The largest absolute Gasteiger partial charge is 0.383 e. The Balaban J connectivity index is 2.24. The molecule has 0 atom stereocenters. The van der Waals surface area contributed by atoms with Crippen LogP contribution in [-0.2, 0) is 5.54 Å². The molecule has 2 rings (SSSR count). The van der Waals surface area contributed by atoms with Crippen molar-refractivity contribution in [3.8, 4) is 0 Å². The van der Waals surface area contributed by atoms with Crippen LogP contribution in [-0.4, -0.2) is 15.8 Å². The maximum absolute atomic E-state index is 13.3. The van der Waals surface area contributed by atoms with Crippen LogP contribution in [0.5, 0.6) is 0 Å². The average Bonchev–Trinajstić information content (AvgIpc) is 2.68. The van der Waals surface area contributed by atoms with Gasteiger partial charge in [0.15, 0.2) is 0 Å². The van der Waals surface area contributed by atoms with Gasteiger partial charge >= 0.3 is 6.03 Å². The molecule has 106 valence electrons. The van der Waals surface area contributed by atoms with Crippen LogP contribution in [0.15, 0.2) is 30.3 Å². The number of carbonyl (C=O) groups is 1. The summed E-state index contributed by atoms with van der Waals surface area (Å²) in [5.74, 6) is -0.0886. The van der Waals surface area contributed by atoms with Crippen LogP contribution >= 0.6 is 0 Å². The molecule has 1 aromatic heterocycles. The summed E-state index contributed by atoms with van der Waals surface area (Å²) in [6, 6.07) is 7.25. The Labute approximate surface area is 116 Å². The second-order valence-corrected chi connectivity index (χ2v) is 5.19. The summed E-state index contributed by atoms with van der Waals surface area (Å²) in [4.78, 5) is 12.2. The van der Waals surface area contributed by atoms with E-state index in [0.717, 1.165) is 4.68 Å². The number of carbonyl (C=O) groups excluding carboxylic acids is 1. The van der Waals surface area contributed by atoms with Gasteiger partial charge in [0.2, 0.25) is 0 Å². The Morgan fingerprint density at radius 2 is 2.10 bits per heavy atom. The number of hydrogen-bond donors (Lipinski definition) is 2. The standard InChI is InChI=1S/C14H17FN4O/c1-9-7-12(16)19(18-9)13(20)17-14(2,3)10-5-4-6-11(15)8-10/h4-8H,16H2,1-3H3,(H,17,20). The second-order valence-electron chi connectivity index (χ2n) is 5.19. The fraction of sp³-hybridized carbons (Fsp3) is 0.286. The van der Waals surface area contributed by atoms with Gasteiger partial charge in [-0.25, -0.2) is 9.18 Å². The summed E-state index contributed by atoms with van der Waals surface area (Å²) in [6.45, 7) is 5.32. The van der Waals surface area contributed by atoms with E-state index < -0.39 is 11.6 Å². The number of benzene rings is 1. The Kier molecular flexibility index (Phi) is 3.48. The first-order valence-corrected chi connectivity index (χ1v) is 6.20. The van der Waals surface area contributed by atoms with Crippen molar-refractivity contribution < 1.29 is 9.18 Å². The minimum atomic E-state index is -0.745. The van der Waals surface area contributed by atoms with Crippen molar-refractivity contribution in [1.82, 2.24) is 15.1 Å². The Morgan fingerprint density at radius 1 is 1.40 bits per heavy atom. The van der Waals surface area contributed by atoms with E-state index in [0.29, 0.717) is 11.3 Å². The van der Waals surface area contributed by atoms with Crippen LogP contribution in [0.1, 0.15) is 25.1 Å². The number of amides is 1. The van der Waals surface area contributed by atoms with Crippen LogP contribution in [0.4, 0.5) is 15.0 Å². The molecule has 0 bridgehead atoms. The zero-order chi connectivity index (χ0) is 14.9. The van der Waals surface area contributed by atoms with Gasteiger partial charge in [-0.1, -0.05) is 12.1 Å². The van der Waals surface area contributed by atoms with Crippen LogP contribution in [0, 0.1) is 12.7 Å². The lowest BCUT2D eigenvalue weighted by molar-refractivity contribution is 0.229. The number of nitrogens with zero attached hydrogens (tertiary/aromatic N) is 2. The Bertz CT molecular complexity index is 648. The number of hydrogen-bond acceptors (Lipinski definition) is 3. The van der Waals surface area contributed by atoms with Crippen molar-refractivity contribution in [2.45, 2.75) is 26.3 Å². The monoisotopic (exact) mass is 276 g/mol. The van der Waals surface area contributed by atoms with Crippen molar-refractivity contribution in [3.05, 3.63) is 47.4 Å². The molecule has 0 radical (unpaired) electrons. The van der Waals surface area contributed by atoms with Crippen molar-refractivity contribution in [1.29, 1.82) is 0 Å². The Hall–Kier alpha value is -2.37. The lowest BCUT2D eigenvalue weighted by Gasteiger charge is -2.26. The highest BCUT2D eigenvalue weighted by Gasteiger charge is 2.25. The lowest BCUT2D eigenvalue weighted by Crippen LogP contribution is -2.43. The summed E-state index contributed by atoms with van der Waals surface area (Å²) in [7, 11) is 0. The van der Waals surface area contributed by atoms with Crippen molar-refractivity contribution in [2.75, 3.05) is 5.73 Å². The van der Waals surface area contributed by atoms with Crippen LogP contribution in [0.2, 0.25) is 0 Å². The number of nitrogens with one attached hydrogen (secondary N) is 1. The molecule has 0 aliphatic carbocycles. The molecule has 3 N–H and O–H groups in total. The summed E-state index contributed by atoms with van der Waals surface area (Å²) in [5.41, 5.74) is 6.27. The van der Waals surface area contributed by atoms with Gasteiger partial charge in [0.25, 0.3) is 0 Å². The van der Waals surface area contributed by atoms with Gasteiger partial charge < -0.3 is 11.1 Å². The predicted molar refractivity (Wildman–Crippen MR) is 74.7 cm³/mol. The fourth-order valence-electron chi connectivity index (χ4n) is 1.95. The van der Waals surface area contributed by atoms with Gasteiger partial charge in [-0.2, -0.15) is 9.78 Å². The molecule has 0 aliphatic rings. The minimum Gasteiger partial charge on any atom is -0.383 e. The fourth-order valence-corrected chi connectivity index (χ4v) is 1.95. The summed E-state index contributed by atoms with van der Waals surface area (Å²) < 4.78 is 14.4. The Morgan fingerprint density at radius 3 is 2.65 bits per heavy atom. The molecule has 0 saturated carbocycles. The maximum atomic E-state index is 13.3. The molecule has 6 heteroatoms. The molecule has 1 amide bonds. The topological polar surface area (TPSA) is 72.9 Å². The molecule has 0 fully saturated rings. The third-order valence-corrected chi connectivity index (χ3v) is 3.02. The molecule has 0 unspecified atom stereocenters. The molecular weight excluding hydrogens is 259 g/mol. The third kappa shape index (κ3) is 2.79. The number of aryl methyl sites for hydroxylation is 1. The van der Waals surface area contributed by atoms with E-state index in [2.05, 4.69) is 10.4 Å². The predicted octanol–water partition coefficient (Wildman–Crippen LogP) is 2.41. The van der Waals surface area contributed by atoms with Crippen molar-refractivity contribution in [2.24, 2.45) is 0 Å². The highest BCUT2D eigenvalue weighted by atomic mass is 19.1. The minimum absolute atomic E-state index is 0.259. The van der Waals surface area contributed by atoms with E-state index in [1.54, 1.807) is 39.0 Å². The first-order valence-electron chi connectivity index (χ1n) is 6.20. The molecule has 0 saturated heterocycles. The molecule has 0 aliphatic heterocycles. The van der Waals surface area contributed by atoms with Crippen LogP contribution in [0.3, 0.4) is 0 Å². The number of rotatable bonds is 2. The molecule has 1 aromatic carbocycles. The van der Waals surface area contributed by atoms with Gasteiger partial charge in [-0.15, -0.1) is 0 Å². The zero-order valence-corrected chi connectivity index (χ0v) is 11.6. The summed E-state index contributed by atoms with van der Waals surface area (Å²) in [6.07, 6.45) is 0. The van der Waals surface area contributed by atoms with Crippen LogP contribution in [0.25, 0.3) is 0 Å². The molecule has 20 heavy (non-hydrogen) atoms. The molecule has 1 heterocycles. The van der Waals surface area contributed by atoms with Gasteiger partial charge in [-0.05, 0) is 38.5 Å². The number of halogens is 1. The summed E-state index contributed by atoms with van der Waals surface area (Å²) >= 11 is 0. The number of nitrogens with two attached hydrogens (primary N) is 1. The van der Waals surface area contributed by atoms with E-state index in [1.165, 1.54) is 12.1 Å². The van der Waals surface area contributed by atoms with E-state index in [-0.39, 0.29) is 11.6 Å². The maximum Gasteiger partial charge on any atom is 0.344 e. The highest BCUT2D eigenvalue weighted by molar-refractivity contribution is 5.79. The van der Waals surface area contributed by atoms with Crippen molar-refractivity contribution in [3.63, 3.8) is 0 Å². The van der Waals surface area contributed by atoms with E-state index >= 15 is 0 Å². The highest BCUT2D eigenvalue weighted by Crippen LogP contribution is 2.21. The van der Waals surface area contributed by atoms with Gasteiger partial charge in [0.05, 0.1) is 11.2 Å². The summed E-state index contributed by atoms with van der Waals surface area (Å²) in [5, 5.41) is 6.80. The van der Waals surface area contributed by atoms with Gasteiger partial charge in [0.1, 0.15) is 11.6 Å².